The van der Waals surface area contributed by atoms with Gasteiger partial charge in [-0.2, -0.15) is 0 Å². The Hall–Kier alpha value is -2.85. The molecule has 0 N–H and O–H groups in total. The largest absolute Gasteiger partial charge is 0.481 e. The molecule has 2 aromatic carbocycles. The van der Waals surface area contributed by atoms with Crippen LogP contribution in [0.5, 0.6) is 5.88 Å². The van der Waals surface area contributed by atoms with Gasteiger partial charge in [-0.15, -0.1) is 0 Å². The van der Waals surface area contributed by atoms with Crippen LogP contribution in [-0.4, -0.2) is 17.1 Å². The number of aromatic nitrogens is 2. The molecule has 0 aliphatic carbocycles. The summed E-state index contributed by atoms with van der Waals surface area (Å²) in [6, 6.07) is 17.1. The summed E-state index contributed by atoms with van der Waals surface area (Å²) in [6.45, 7) is 0. The van der Waals surface area contributed by atoms with Gasteiger partial charge in [-0.25, -0.2) is 9.97 Å². The number of oxazole rings is 1. The maximum absolute atomic E-state index is 5.92. The molecule has 0 aliphatic rings. The fourth-order valence-corrected chi connectivity index (χ4v) is 2.62. The molecule has 4 aromatic rings. The van der Waals surface area contributed by atoms with Crippen molar-refractivity contribution in [2.24, 2.45) is 0 Å². The average molecular weight is 337 g/mol. The van der Waals surface area contributed by atoms with Gasteiger partial charge in [-0.3, -0.25) is 0 Å². The van der Waals surface area contributed by atoms with Crippen LogP contribution in [0.4, 0.5) is 0 Å². The van der Waals surface area contributed by atoms with Gasteiger partial charge in [0.15, 0.2) is 5.58 Å². The van der Waals surface area contributed by atoms with Crippen molar-refractivity contribution in [3.63, 3.8) is 0 Å². The predicted octanol–water partition coefficient (Wildman–Crippen LogP) is 5.22. The van der Waals surface area contributed by atoms with E-state index in [1.165, 1.54) is 0 Å². The van der Waals surface area contributed by atoms with E-state index in [9.17, 15) is 0 Å². The van der Waals surface area contributed by atoms with Gasteiger partial charge in [0, 0.05) is 28.4 Å². The van der Waals surface area contributed by atoms with Gasteiger partial charge in [0.05, 0.1) is 7.11 Å². The topological polar surface area (TPSA) is 48.2 Å². The molecule has 0 spiro atoms. The number of methoxy groups -OCH3 is 1. The van der Waals surface area contributed by atoms with Crippen LogP contribution in [0.15, 0.2) is 65.2 Å². The third-order valence-electron chi connectivity index (χ3n) is 3.76. The summed E-state index contributed by atoms with van der Waals surface area (Å²) in [4.78, 5) is 8.81. The van der Waals surface area contributed by atoms with E-state index in [-0.39, 0.29) is 0 Å². The molecule has 0 saturated carbocycles. The molecule has 2 heterocycles. The Balaban J connectivity index is 1.73. The molecule has 118 valence electrons. The van der Waals surface area contributed by atoms with Gasteiger partial charge in [0.25, 0.3) is 0 Å². The zero-order valence-corrected chi connectivity index (χ0v) is 13.6. The SMILES string of the molecule is COc1ccc(-c2ccc3oc(-c4ccc(Cl)cc4)nc3c2)cn1. The second-order valence-electron chi connectivity index (χ2n) is 5.30. The summed E-state index contributed by atoms with van der Waals surface area (Å²) in [5, 5.41) is 0.684. The number of rotatable bonds is 3. The van der Waals surface area contributed by atoms with Crippen molar-refractivity contribution < 1.29 is 9.15 Å². The van der Waals surface area contributed by atoms with E-state index >= 15 is 0 Å². The lowest BCUT2D eigenvalue weighted by Gasteiger charge is -2.02. The van der Waals surface area contributed by atoms with Crippen LogP contribution in [0.2, 0.25) is 5.02 Å². The van der Waals surface area contributed by atoms with E-state index in [0.717, 1.165) is 27.8 Å². The Bertz CT molecular complexity index is 992. The highest BCUT2D eigenvalue weighted by atomic mass is 35.5. The van der Waals surface area contributed by atoms with Crippen molar-refractivity contribution in [1.29, 1.82) is 0 Å². The first-order valence-electron chi connectivity index (χ1n) is 7.40. The Morgan fingerprint density at radius 2 is 1.67 bits per heavy atom. The molecule has 5 heteroatoms. The summed E-state index contributed by atoms with van der Waals surface area (Å²) >= 11 is 5.92. The normalized spacial score (nSPS) is 10.9. The molecule has 0 bridgehead atoms. The van der Waals surface area contributed by atoms with Crippen molar-refractivity contribution in [1.82, 2.24) is 9.97 Å². The van der Waals surface area contributed by atoms with Crippen molar-refractivity contribution in [3.8, 4) is 28.5 Å². The molecule has 0 saturated heterocycles. The summed E-state index contributed by atoms with van der Waals surface area (Å²) in [5.74, 6) is 1.16. The number of nitrogens with zero attached hydrogens (tertiary/aromatic N) is 2. The Morgan fingerprint density at radius 3 is 2.38 bits per heavy atom. The van der Waals surface area contributed by atoms with Gasteiger partial charge in [0.2, 0.25) is 11.8 Å². The van der Waals surface area contributed by atoms with Crippen LogP contribution >= 0.6 is 11.6 Å². The Kier molecular flexibility index (Phi) is 3.67. The number of pyridine rings is 1. The number of ether oxygens (including phenoxy) is 1. The fourth-order valence-electron chi connectivity index (χ4n) is 2.49. The van der Waals surface area contributed by atoms with Gasteiger partial charge in [0.1, 0.15) is 5.52 Å². The number of hydrogen-bond acceptors (Lipinski definition) is 4. The van der Waals surface area contributed by atoms with Gasteiger partial charge >= 0.3 is 0 Å². The maximum Gasteiger partial charge on any atom is 0.227 e. The van der Waals surface area contributed by atoms with E-state index in [4.69, 9.17) is 20.8 Å². The third kappa shape index (κ3) is 2.72. The van der Waals surface area contributed by atoms with Gasteiger partial charge in [-0.05, 0) is 48.0 Å². The van der Waals surface area contributed by atoms with E-state index in [1.807, 2.05) is 54.6 Å². The summed E-state index contributed by atoms with van der Waals surface area (Å²) in [7, 11) is 1.60. The van der Waals surface area contributed by atoms with Crippen LogP contribution in [0.3, 0.4) is 0 Å². The smallest absolute Gasteiger partial charge is 0.227 e. The van der Waals surface area contributed by atoms with Crippen LogP contribution in [0.25, 0.3) is 33.7 Å². The summed E-state index contributed by atoms with van der Waals surface area (Å²) in [6.07, 6.45) is 1.78. The van der Waals surface area contributed by atoms with Crippen LogP contribution in [0, 0.1) is 0 Å². The van der Waals surface area contributed by atoms with Crippen LogP contribution in [-0.2, 0) is 0 Å². The second-order valence-corrected chi connectivity index (χ2v) is 5.73. The first kappa shape index (κ1) is 14.7. The van der Waals surface area contributed by atoms with Crippen molar-refractivity contribution in [2.75, 3.05) is 7.11 Å². The molecule has 0 aliphatic heterocycles. The van der Waals surface area contributed by atoms with Gasteiger partial charge in [-0.1, -0.05) is 17.7 Å². The molecular weight excluding hydrogens is 324 g/mol. The zero-order valence-electron chi connectivity index (χ0n) is 12.9. The number of hydrogen-bond donors (Lipinski definition) is 0. The van der Waals surface area contributed by atoms with Gasteiger partial charge < -0.3 is 9.15 Å². The number of benzene rings is 2. The van der Waals surface area contributed by atoms with E-state index in [1.54, 1.807) is 13.3 Å². The standard InChI is InChI=1S/C19H13ClN2O2/c1-23-18-9-5-14(11-21-18)13-4-8-17-16(10-13)22-19(24-17)12-2-6-15(20)7-3-12/h2-11H,1H3. The lowest BCUT2D eigenvalue weighted by Crippen LogP contribution is -1.87. The maximum atomic E-state index is 5.92. The monoisotopic (exact) mass is 336 g/mol. The molecular formula is C19H13ClN2O2. The Morgan fingerprint density at radius 1 is 0.917 bits per heavy atom. The lowest BCUT2D eigenvalue weighted by molar-refractivity contribution is 0.398. The molecule has 0 amide bonds. The van der Waals surface area contributed by atoms with E-state index in [0.29, 0.717) is 16.8 Å². The lowest BCUT2D eigenvalue weighted by atomic mass is 10.1. The molecule has 0 atom stereocenters. The zero-order chi connectivity index (χ0) is 16.5. The van der Waals surface area contributed by atoms with E-state index in [2.05, 4.69) is 9.97 Å². The molecule has 0 fully saturated rings. The van der Waals surface area contributed by atoms with Crippen LogP contribution in [0.1, 0.15) is 0 Å². The van der Waals surface area contributed by atoms with Crippen LogP contribution < -0.4 is 4.74 Å². The first-order chi connectivity index (χ1) is 11.7. The summed E-state index contributed by atoms with van der Waals surface area (Å²) in [5.41, 5.74) is 4.45. The predicted molar refractivity (Wildman–Crippen MR) is 94.2 cm³/mol. The molecule has 4 rings (SSSR count). The highest BCUT2D eigenvalue weighted by Gasteiger charge is 2.10. The molecule has 24 heavy (non-hydrogen) atoms. The number of fused-ring (bicyclic) bond motifs is 1. The highest BCUT2D eigenvalue weighted by Crippen LogP contribution is 2.29. The molecule has 4 nitrogen and oxygen atoms in total. The first-order valence-corrected chi connectivity index (χ1v) is 7.78. The molecule has 2 aromatic heterocycles. The minimum absolute atomic E-state index is 0.576. The molecule has 0 unspecified atom stereocenters. The minimum Gasteiger partial charge on any atom is -0.481 e. The molecule has 0 radical (unpaired) electrons. The van der Waals surface area contributed by atoms with Crippen molar-refractivity contribution in [2.45, 2.75) is 0 Å². The fraction of sp³-hybridized carbons (Fsp3) is 0.0526. The Labute approximate surface area is 143 Å². The van der Waals surface area contributed by atoms with E-state index < -0.39 is 0 Å². The van der Waals surface area contributed by atoms with Crippen molar-refractivity contribution in [3.05, 3.63) is 65.8 Å². The quantitative estimate of drug-likeness (QED) is 0.514. The summed E-state index contributed by atoms with van der Waals surface area (Å²) < 4.78 is 10.9. The highest BCUT2D eigenvalue weighted by molar-refractivity contribution is 6.30. The number of halogens is 1. The third-order valence-corrected chi connectivity index (χ3v) is 4.01. The van der Waals surface area contributed by atoms with Crippen molar-refractivity contribution >= 4 is 22.7 Å². The minimum atomic E-state index is 0.576. The average Bonchev–Trinajstić information content (AvgIpc) is 3.05. The second kappa shape index (κ2) is 5.98.